The minimum Gasteiger partial charge on any atom is -0.480 e. The third kappa shape index (κ3) is 3.43. The summed E-state index contributed by atoms with van der Waals surface area (Å²) in [6.07, 6.45) is 2.85. The number of carboxylic acid groups (broad SMARTS) is 1. The number of carbonyl (C=O) groups is 2. The van der Waals surface area contributed by atoms with Crippen molar-refractivity contribution in [2.45, 2.75) is 51.6 Å². The number of hydrogen-bond acceptors (Lipinski definition) is 3. The highest BCUT2D eigenvalue weighted by Gasteiger charge is 2.38. The summed E-state index contributed by atoms with van der Waals surface area (Å²) < 4.78 is 0. The highest BCUT2D eigenvalue weighted by Crippen LogP contribution is 2.22. The number of rotatable bonds is 4. The van der Waals surface area contributed by atoms with Crippen LogP contribution in [-0.2, 0) is 9.59 Å². The summed E-state index contributed by atoms with van der Waals surface area (Å²) in [6.45, 7) is 6.14. The molecule has 17 heavy (non-hydrogen) atoms. The first-order valence-electron chi connectivity index (χ1n) is 6.15. The summed E-state index contributed by atoms with van der Waals surface area (Å²) in [5, 5.41) is 12.1. The summed E-state index contributed by atoms with van der Waals surface area (Å²) in [4.78, 5) is 24.6. The fraction of sp³-hybridized carbons (Fsp3) is 0.833. The van der Waals surface area contributed by atoms with Gasteiger partial charge in [0.1, 0.15) is 6.54 Å². The predicted molar refractivity (Wildman–Crippen MR) is 64.7 cm³/mol. The molecule has 1 saturated heterocycles. The lowest BCUT2D eigenvalue weighted by atomic mass is 9.89. The van der Waals surface area contributed by atoms with Gasteiger partial charge in [-0.3, -0.25) is 9.59 Å². The smallest absolute Gasteiger partial charge is 0.323 e. The van der Waals surface area contributed by atoms with Crippen LogP contribution >= 0.6 is 0 Å². The fourth-order valence-corrected chi connectivity index (χ4v) is 2.19. The van der Waals surface area contributed by atoms with Crippen LogP contribution in [0.3, 0.4) is 0 Å². The second-order valence-corrected chi connectivity index (χ2v) is 5.14. The molecule has 0 saturated carbocycles. The third-order valence-corrected chi connectivity index (χ3v) is 3.28. The van der Waals surface area contributed by atoms with Gasteiger partial charge >= 0.3 is 5.97 Å². The van der Waals surface area contributed by atoms with Gasteiger partial charge in [-0.1, -0.05) is 0 Å². The molecule has 1 fully saturated rings. The molecule has 0 bridgehead atoms. The maximum atomic E-state index is 12.4. The zero-order valence-corrected chi connectivity index (χ0v) is 10.8. The molecule has 2 N–H and O–H groups in total. The van der Waals surface area contributed by atoms with Gasteiger partial charge in [-0.2, -0.15) is 0 Å². The molecule has 0 aromatic heterocycles. The highest BCUT2D eigenvalue weighted by atomic mass is 16.4. The predicted octanol–water partition coefficient (Wildman–Crippen LogP) is 0.840. The topological polar surface area (TPSA) is 69.6 Å². The van der Waals surface area contributed by atoms with E-state index in [0.29, 0.717) is 0 Å². The van der Waals surface area contributed by atoms with Crippen LogP contribution in [0.1, 0.15) is 40.0 Å². The lowest BCUT2D eigenvalue weighted by Crippen LogP contribution is -2.60. The highest BCUT2D eigenvalue weighted by molar-refractivity contribution is 5.89. The van der Waals surface area contributed by atoms with Crippen LogP contribution in [-0.4, -0.2) is 46.6 Å². The average Bonchev–Trinajstić information content (AvgIpc) is 2.25. The van der Waals surface area contributed by atoms with Crippen LogP contribution in [0, 0.1) is 0 Å². The van der Waals surface area contributed by atoms with Gasteiger partial charge in [0, 0.05) is 6.04 Å². The Labute approximate surface area is 102 Å². The van der Waals surface area contributed by atoms with Crippen LogP contribution in [0.5, 0.6) is 0 Å². The quantitative estimate of drug-likeness (QED) is 0.766. The van der Waals surface area contributed by atoms with Gasteiger partial charge in [-0.25, -0.2) is 0 Å². The molecule has 0 aromatic rings. The molecule has 98 valence electrons. The first kappa shape index (κ1) is 14.0. The molecule has 1 aliphatic heterocycles. The molecule has 1 heterocycles. The van der Waals surface area contributed by atoms with Crippen molar-refractivity contribution in [3.63, 3.8) is 0 Å². The molecule has 5 nitrogen and oxygen atoms in total. The van der Waals surface area contributed by atoms with Gasteiger partial charge in [-0.05, 0) is 46.6 Å². The van der Waals surface area contributed by atoms with Crippen molar-refractivity contribution >= 4 is 11.9 Å². The van der Waals surface area contributed by atoms with E-state index in [1.165, 1.54) is 4.90 Å². The average molecular weight is 242 g/mol. The van der Waals surface area contributed by atoms with Crippen LogP contribution < -0.4 is 5.32 Å². The molecule has 1 aliphatic rings. The summed E-state index contributed by atoms with van der Waals surface area (Å²) in [7, 11) is 0. The Balaban J connectivity index is 2.79. The summed E-state index contributed by atoms with van der Waals surface area (Å²) in [5.74, 6) is -1.07. The molecule has 1 amide bonds. The van der Waals surface area contributed by atoms with E-state index >= 15 is 0 Å². The Bertz CT molecular complexity index is 296. The largest absolute Gasteiger partial charge is 0.480 e. The van der Waals surface area contributed by atoms with Crippen LogP contribution in [0.25, 0.3) is 0 Å². The van der Waals surface area contributed by atoms with E-state index in [-0.39, 0.29) is 18.5 Å². The molecule has 1 unspecified atom stereocenters. The van der Waals surface area contributed by atoms with E-state index < -0.39 is 11.5 Å². The maximum Gasteiger partial charge on any atom is 0.323 e. The molecule has 5 heteroatoms. The Kier molecular flexibility index (Phi) is 4.51. The number of piperidine rings is 1. The molecule has 0 spiro atoms. The van der Waals surface area contributed by atoms with E-state index in [1.807, 2.05) is 20.8 Å². The second-order valence-electron chi connectivity index (χ2n) is 5.14. The Morgan fingerprint density at radius 1 is 1.41 bits per heavy atom. The lowest BCUT2D eigenvalue weighted by Gasteiger charge is -2.39. The van der Waals surface area contributed by atoms with Crippen molar-refractivity contribution in [3.05, 3.63) is 0 Å². The van der Waals surface area contributed by atoms with Gasteiger partial charge in [0.15, 0.2) is 0 Å². The standard InChI is InChI=1S/C12H22N2O3/c1-9(2)14(8-10(15)16)11(17)12(3)6-4-5-7-13-12/h9,13H,4-8H2,1-3H3,(H,15,16). The third-order valence-electron chi connectivity index (χ3n) is 3.28. The Morgan fingerprint density at radius 2 is 2.06 bits per heavy atom. The number of hydrogen-bond donors (Lipinski definition) is 2. The monoisotopic (exact) mass is 242 g/mol. The number of carboxylic acids is 1. The van der Waals surface area contributed by atoms with E-state index in [4.69, 9.17) is 5.11 Å². The molecule has 1 rings (SSSR count). The minimum atomic E-state index is -0.966. The second kappa shape index (κ2) is 5.49. The van der Waals surface area contributed by atoms with Gasteiger partial charge in [0.2, 0.25) is 5.91 Å². The van der Waals surface area contributed by atoms with Crippen molar-refractivity contribution in [1.29, 1.82) is 0 Å². The van der Waals surface area contributed by atoms with Crippen LogP contribution in [0.4, 0.5) is 0 Å². The SMILES string of the molecule is CC(C)N(CC(=O)O)C(=O)C1(C)CCCCN1. The fourth-order valence-electron chi connectivity index (χ4n) is 2.19. The van der Waals surface area contributed by atoms with Crippen molar-refractivity contribution in [2.75, 3.05) is 13.1 Å². The van der Waals surface area contributed by atoms with Gasteiger partial charge < -0.3 is 15.3 Å². The van der Waals surface area contributed by atoms with Crippen molar-refractivity contribution in [2.24, 2.45) is 0 Å². The number of carbonyl (C=O) groups excluding carboxylic acids is 1. The van der Waals surface area contributed by atoms with Crippen molar-refractivity contribution in [1.82, 2.24) is 10.2 Å². The number of nitrogens with one attached hydrogen (secondary N) is 1. The zero-order chi connectivity index (χ0) is 13.1. The van der Waals surface area contributed by atoms with E-state index in [9.17, 15) is 9.59 Å². The Morgan fingerprint density at radius 3 is 2.47 bits per heavy atom. The van der Waals surface area contributed by atoms with Gasteiger partial charge in [0.25, 0.3) is 0 Å². The van der Waals surface area contributed by atoms with Crippen LogP contribution in [0.15, 0.2) is 0 Å². The molecule has 0 aromatic carbocycles. The zero-order valence-electron chi connectivity index (χ0n) is 10.8. The van der Waals surface area contributed by atoms with Gasteiger partial charge in [-0.15, -0.1) is 0 Å². The Hall–Kier alpha value is -1.10. The molecule has 1 atom stereocenters. The summed E-state index contributed by atoms with van der Waals surface area (Å²) >= 11 is 0. The summed E-state index contributed by atoms with van der Waals surface area (Å²) in [6, 6.07) is -0.0980. The van der Waals surface area contributed by atoms with Gasteiger partial charge in [0.05, 0.1) is 5.54 Å². The normalized spacial score (nSPS) is 24.7. The van der Waals surface area contributed by atoms with Crippen LogP contribution in [0.2, 0.25) is 0 Å². The molecular formula is C12H22N2O3. The molecule has 0 aliphatic carbocycles. The molecule has 0 radical (unpaired) electrons. The number of amides is 1. The molecular weight excluding hydrogens is 220 g/mol. The first-order chi connectivity index (χ1) is 7.87. The minimum absolute atomic E-state index is 0.0980. The first-order valence-corrected chi connectivity index (χ1v) is 6.15. The van der Waals surface area contributed by atoms with E-state index in [1.54, 1.807) is 0 Å². The summed E-state index contributed by atoms with van der Waals surface area (Å²) in [5.41, 5.74) is -0.599. The van der Waals surface area contributed by atoms with E-state index in [2.05, 4.69) is 5.32 Å². The lowest BCUT2D eigenvalue weighted by molar-refractivity contribution is -0.149. The number of aliphatic carboxylic acids is 1. The number of nitrogens with zero attached hydrogens (tertiary/aromatic N) is 1. The van der Waals surface area contributed by atoms with Crippen molar-refractivity contribution < 1.29 is 14.7 Å². The van der Waals surface area contributed by atoms with Crippen molar-refractivity contribution in [3.8, 4) is 0 Å². The maximum absolute atomic E-state index is 12.4. The van der Waals surface area contributed by atoms with E-state index in [0.717, 1.165) is 25.8 Å².